The van der Waals surface area contributed by atoms with Crippen molar-refractivity contribution in [1.29, 1.82) is 0 Å². The van der Waals surface area contributed by atoms with Gasteiger partial charge in [0, 0.05) is 224 Å². The Hall–Kier alpha value is -18.8. The Morgan fingerprint density at radius 2 is 0.230 bits per heavy atom. The lowest BCUT2D eigenvalue weighted by atomic mass is 10.2. The van der Waals surface area contributed by atoms with Gasteiger partial charge in [0.2, 0.25) is 80.5 Å². The highest BCUT2D eigenvalue weighted by Crippen LogP contribution is 2.62. The number of hydrogen-bond acceptors (Lipinski definition) is 49. The van der Waals surface area contributed by atoms with E-state index in [-0.39, 0.29) is 0 Å². The van der Waals surface area contributed by atoms with E-state index in [0.29, 0.717) is 36.4 Å². The molecular formula is C90H76O49. The van der Waals surface area contributed by atoms with Crippen molar-refractivity contribution in [3.63, 3.8) is 0 Å². The number of esters is 21. The Bertz CT molecular complexity index is 6310. The van der Waals surface area contributed by atoms with E-state index in [4.69, 9.17) is 133 Å². The van der Waals surface area contributed by atoms with Crippen molar-refractivity contribution in [3.8, 4) is 201 Å². The third-order valence-corrected chi connectivity index (χ3v) is 15.1. The summed E-state index contributed by atoms with van der Waals surface area (Å²) in [5.41, 5.74) is 0. The third kappa shape index (κ3) is 30.1. The molecule has 0 aliphatic carbocycles. The largest absolute Gasteiger partial charge is 0.449 e. The summed E-state index contributed by atoms with van der Waals surface area (Å²) in [6, 6.07) is 10.0. The lowest BCUT2D eigenvalue weighted by molar-refractivity contribution is -0.135. The van der Waals surface area contributed by atoms with Crippen molar-refractivity contribution in [2.45, 2.75) is 145 Å². The predicted molar refractivity (Wildman–Crippen MR) is 450 cm³/mol. The molecule has 0 spiro atoms. The van der Waals surface area contributed by atoms with E-state index in [0.717, 1.165) is 188 Å². The molecule has 8 aromatic carbocycles. The maximum atomic E-state index is 13.7. The van der Waals surface area contributed by atoms with E-state index < -0.39 is 327 Å². The summed E-state index contributed by atoms with van der Waals surface area (Å²) in [5.74, 6) is -56.5. The number of ether oxygens (including phenoxy) is 28. The molecule has 8 rings (SSSR count). The molecule has 0 radical (unpaired) electrons. The van der Waals surface area contributed by atoms with E-state index in [9.17, 15) is 101 Å². The molecule has 0 fully saturated rings. The SMILES string of the molecule is CC(=O)Oc1cc(OC(C)=O)c(Oc2cc(OC(C)=O)c(OC(C)=O)c(OC(C)=O)c2Oc2cc(OC(C)=O)c(Oc3cc(OC(C)=O)c(OC(C)=O)c(OC(C)=O)c3Oc3cc(OC(C)=O)c(Oc4cc(OC(C)=O)c(OC(C)=O)c(OC(C)=O)c4Oc4cc(OC(C)=O)c(Oc5cc(OC(C)=O)c(OC(C)=O)c(OC(C)=O)c5)c(OC(C)=O)c4)c(OC(C)=O)c3)c(OC(C)=O)c2)c(OC(C)=O)c1. The monoisotopic (exact) mass is 1940 g/mol. The number of hydrogen-bond donors (Lipinski definition) is 0. The summed E-state index contributed by atoms with van der Waals surface area (Å²) in [6.07, 6.45) is 0. The molecule has 0 saturated heterocycles. The lowest BCUT2D eigenvalue weighted by Gasteiger charge is -2.24. The first-order chi connectivity index (χ1) is 65.1. The van der Waals surface area contributed by atoms with Gasteiger partial charge >= 0.3 is 125 Å². The van der Waals surface area contributed by atoms with Gasteiger partial charge < -0.3 is 133 Å². The van der Waals surface area contributed by atoms with Crippen LogP contribution in [-0.2, 0) is 101 Å². The average molecular weight is 1940 g/mol. The maximum Gasteiger partial charge on any atom is 0.308 e. The summed E-state index contributed by atoms with van der Waals surface area (Å²) in [4.78, 5) is 275. The van der Waals surface area contributed by atoms with Gasteiger partial charge in [0.15, 0.2) is 92.0 Å². The molecule has 0 heterocycles. The quantitative estimate of drug-likeness (QED) is 0.0263. The Kier molecular flexibility index (Phi) is 35.0. The Labute approximate surface area is 781 Å². The van der Waals surface area contributed by atoms with Gasteiger partial charge in [-0.2, -0.15) is 0 Å². The fourth-order valence-corrected chi connectivity index (χ4v) is 11.3. The molecule has 730 valence electrons. The first-order valence-electron chi connectivity index (χ1n) is 39.2. The van der Waals surface area contributed by atoms with E-state index >= 15 is 0 Å². The second-order valence-electron chi connectivity index (χ2n) is 27.5. The Morgan fingerprint density at radius 1 is 0.108 bits per heavy atom. The highest BCUT2D eigenvalue weighted by Gasteiger charge is 2.39. The van der Waals surface area contributed by atoms with Gasteiger partial charge in [0.25, 0.3) is 0 Å². The maximum absolute atomic E-state index is 13.7. The smallest absolute Gasteiger partial charge is 0.308 e. The van der Waals surface area contributed by atoms with Crippen LogP contribution in [0.15, 0.2) is 78.9 Å². The molecule has 49 heteroatoms. The minimum absolute atomic E-state index is 0.449. The molecule has 0 atom stereocenters. The number of carbonyl (C=O) groups excluding carboxylic acids is 21. The topological polar surface area (TPSA) is 617 Å². The van der Waals surface area contributed by atoms with Crippen molar-refractivity contribution in [2.24, 2.45) is 0 Å². The van der Waals surface area contributed by atoms with Crippen molar-refractivity contribution in [1.82, 2.24) is 0 Å². The van der Waals surface area contributed by atoms with Crippen LogP contribution in [0.2, 0.25) is 0 Å². The number of carbonyl (C=O) groups is 21. The average Bonchev–Trinajstić information content (AvgIpc) is 0.764. The molecule has 0 aliphatic heterocycles. The minimum atomic E-state index is -1.36. The molecule has 0 N–H and O–H groups in total. The highest BCUT2D eigenvalue weighted by atomic mass is 16.7. The van der Waals surface area contributed by atoms with E-state index in [1.165, 1.54) is 0 Å². The van der Waals surface area contributed by atoms with E-state index in [1.54, 1.807) is 0 Å². The first-order valence-corrected chi connectivity index (χ1v) is 39.2. The van der Waals surface area contributed by atoms with Gasteiger partial charge in [-0.05, 0) is 0 Å². The van der Waals surface area contributed by atoms with Crippen LogP contribution >= 0.6 is 0 Å². The van der Waals surface area contributed by atoms with Crippen LogP contribution in [-0.4, -0.2) is 125 Å². The predicted octanol–water partition coefficient (Wildman–Crippen LogP) is 12.7. The zero-order chi connectivity index (χ0) is 103. The van der Waals surface area contributed by atoms with E-state index in [1.807, 2.05) is 0 Å². The van der Waals surface area contributed by atoms with Gasteiger partial charge in [0.1, 0.15) is 28.7 Å². The normalized spacial score (nSPS) is 10.4. The molecule has 0 amide bonds. The number of rotatable bonds is 35. The fraction of sp³-hybridized carbons (Fsp3) is 0.233. The minimum Gasteiger partial charge on any atom is -0.449 e. The van der Waals surface area contributed by atoms with Crippen molar-refractivity contribution < 1.29 is 233 Å². The Morgan fingerprint density at radius 3 is 0.396 bits per heavy atom. The van der Waals surface area contributed by atoms with Gasteiger partial charge in [0.05, 0.1) is 0 Å². The van der Waals surface area contributed by atoms with Gasteiger partial charge in [-0.1, -0.05) is 0 Å². The molecule has 139 heavy (non-hydrogen) atoms. The zero-order valence-electron chi connectivity index (χ0n) is 76.5. The van der Waals surface area contributed by atoms with E-state index in [2.05, 4.69) is 0 Å². The van der Waals surface area contributed by atoms with Crippen LogP contribution in [0.5, 0.6) is 201 Å². The first kappa shape index (κ1) is 106. The van der Waals surface area contributed by atoms with Crippen LogP contribution in [0.1, 0.15) is 145 Å². The zero-order valence-corrected chi connectivity index (χ0v) is 76.5. The van der Waals surface area contributed by atoms with Crippen molar-refractivity contribution in [3.05, 3.63) is 78.9 Å². The summed E-state index contributed by atoms with van der Waals surface area (Å²) in [7, 11) is 0. The molecule has 8 aromatic rings. The molecule has 0 aromatic heterocycles. The summed E-state index contributed by atoms with van der Waals surface area (Å²) < 4.78 is 160. The molecule has 49 nitrogen and oxygen atoms in total. The van der Waals surface area contributed by atoms with Crippen LogP contribution < -0.4 is 133 Å². The molecular weight excluding hydrogens is 1860 g/mol. The van der Waals surface area contributed by atoms with Crippen LogP contribution in [0, 0.1) is 0 Å². The summed E-state index contributed by atoms with van der Waals surface area (Å²) in [6.45, 7) is 17.7. The summed E-state index contributed by atoms with van der Waals surface area (Å²) >= 11 is 0. The molecule has 0 bridgehead atoms. The van der Waals surface area contributed by atoms with Crippen LogP contribution in [0.4, 0.5) is 0 Å². The highest BCUT2D eigenvalue weighted by molar-refractivity contribution is 5.89. The second-order valence-corrected chi connectivity index (χ2v) is 27.5. The van der Waals surface area contributed by atoms with Crippen molar-refractivity contribution in [2.75, 3.05) is 0 Å². The third-order valence-electron chi connectivity index (χ3n) is 15.1. The fourth-order valence-electron chi connectivity index (χ4n) is 11.3. The Balaban J connectivity index is 1.47. The lowest BCUT2D eigenvalue weighted by Crippen LogP contribution is -2.13. The molecule has 0 saturated carbocycles. The van der Waals surface area contributed by atoms with Gasteiger partial charge in [-0.3, -0.25) is 101 Å². The summed E-state index contributed by atoms with van der Waals surface area (Å²) in [5, 5.41) is 0. The second kappa shape index (κ2) is 46.1. The van der Waals surface area contributed by atoms with Gasteiger partial charge in [-0.25, -0.2) is 0 Å². The van der Waals surface area contributed by atoms with Crippen LogP contribution in [0.3, 0.4) is 0 Å². The van der Waals surface area contributed by atoms with Gasteiger partial charge in [-0.15, -0.1) is 0 Å². The standard InChI is InChI=1S/C90H76O49/c1-35(91)112-56-22-65(117-40(6)96)79(66(23-56)118-41(7)97)137-74-32-71(123-46(12)102)83(128-51(17)107)89(131-54(20)110)86(74)135-59-28-69(121-44(10)100)81(70(29-59)122-45(11)101)139-76-34-73(125-48(14)104)84(129-52(18)108)90(132-55(21)111)87(76)136-60-30-67(119-42(8)98)80(68(31-60)120-43(9)99)138-75-33-72(124-47(13)103)82(127-50(16)106)88(130-53(19)109)85(75)134-58-26-63(115-38(4)94)78(64(27-58)116-39(5)95)133-57-24-61(113-36(2)92)77(126-49(15)105)62(25-57)114-37(3)93/h22-34H,1-21H3. The number of benzene rings is 8. The molecule has 0 aliphatic rings. The van der Waals surface area contributed by atoms with Crippen LogP contribution in [0.25, 0.3) is 0 Å². The van der Waals surface area contributed by atoms with Crippen molar-refractivity contribution >= 4 is 125 Å². The molecule has 0 unspecified atom stereocenters.